The smallest absolute Gasteiger partial charge is 0.224 e. The molecule has 0 amide bonds. The third-order valence-corrected chi connectivity index (χ3v) is 2.62. The average Bonchev–Trinajstić information content (AvgIpc) is 2.45. The number of hydrogen-bond donors (Lipinski definition) is 2. The summed E-state index contributed by atoms with van der Waals surface area (Å²) in [5, 5.41) is 7.47. The van der Waals surface area contributed by atoms with Gasteiger partial charge >= 0.3 is 0 Å². The molecule has 20 heavy (non-hydrogen) atoms. The topological polar surface area (TPSA) is 81.2 Å². The lowest BCUT2D eigenvalue weighted by Gasteiger charge is -2.11. The van der Waals surface area contributed by atoms with Gasteiger partial charge < -0.3 is 15.2 Å². The molecule has 5 nitrogen and oxygen atoms in total. The van der Waals surface area contributed by atoms with E-state index in [9.17, 15) is 0 Å². The Morgan fingerprint density at radius 1 is 1.25 bits per heavy atom. The van der Waals surface area contributed by atoms with Crippen molar-refractivity contribution in [3.8, 4) is 11.6 Å². The Balaban J connectivity index is 0.00000200. The number of nitrogen functional groups attached to an aromatic ring is 1. The van der Waals surface area contributed by atoms with Gasteiger partial charge in [-0.15, -0.1) is 12.4 Å². The number of halogens is 1. The number of hydrogen-bond acceptors (Lipinski definition) is 4. The van der Waals surface area contributed by atoms with Gasteiger partial charge in [-0.1, -0.05) is 18.2 Å². The van der Waals surface area contributed by atoms with Crippen LogP contribution in [0.3, 0.4) is 0 Å². The van der Waals surface area contributed by atoms with Gasteiger partial charge in [0.25, 0.3) is 0 Å². The minimum absolute atomic E-state index is 0. The molecule has 0 fully saturated rings. The Morgan fingerprint density at radius 2 is 2.00 bits per heavy atom. The predicted molar refractivity (Wildman–Crippen MR) is 79.8 cm³/mol. The number of methoxy groups -OCH3 is 1. The van der Waals surface area contributed by atoms with E-state index in [0.29, 0.717) is 18.1 Å². The molecule has 0 saturated heterocycles. The average molecular weight is 294 g/mol. The molecular weight excluding hydrogens is 278 g/mol. The highest BCUT2D eigenvalue weighted by atomic mass is 35.5. The Hall–Kier alpha value is -2.27. The maximum atomic E-state index is 7.47. The Bertz CT molecular complexity index is 590. The van der Waals surface area contributed by atoms with E-state index >= 15 is 0 Å². The SMILES string of the molecule is COc1ccccc1COc1ncccc1C(=N)N.Cl. The minimum atomic E-state index is -0.0665. The fourth-order valence-electron chi connectivity index (χ4n) is 1.68. The largest absolute Gasteiger partial charge is 0.496 e. The number of aromatic nitrogens is 1. The Kier molecular flexibility index (Phi) is 5.80. The van der Waals surface area contributed by atoms with Crippen LogP contribution in [0.1, 0.15) is 11.1 Å². The first kappa shape index (κ1) is 15.8. The summed E-state index contributed by atoms with van der Waals surface area (Å²) in [6, 6.07) is 11.0. The van der Waals surface area contributed by atoms with Crippen LogP contribution in [0, 0.1) is 5.41 Å². The molecule has 0 bridgehead atoms. The summed E-state index contributed by atoms with van der Waals surface area (Å²) < 4.78 is 10.9. The quantitative estimate of drug-likeness (QED) is 0.655. The van der Waals surface area contributed by atoms with Gasteiger partial charge in [-0.3, -0.25) is 5.41 Å². The van der Waals surface area contributed by atoms with Gasteiger partial charge in [0.2, 0.25) is 5.88 Å². The molecule has 2 aromatic rings. The Labute approximate surface area is 123 Å². The number of ether oxygens (including phenoxy) is 2. The number of amidine groups is 1. The maximum Gasteiger partial charge on any atom is 0.224 e. The molecule has 1 heterocycles. The van der Waals surface area contributed by atoms with Crippen LogP contribution in [-0.2, 0) is 6.61 Å². The van der Waals surface area contributed by atoms with E-state index < -0.39 is 0 Å². The van der Waals surface area contributed by atoms with Crippen LogP contribution in [0.4, 0.5) is 0 Å². The van der Waals surface area contributed by atoms with E-state index in [1.54, 1.807) is 25.4 Å². The summed E-state index contributed by atoms with van der Waals surface area (Å²) in [4.78, 5) is 4.09. The van der Waals surface area contributed by atoms with Crippen LogP contribution in [0.25, 0.3) is 0 Å². The summed E-state index contributed by atoms with van der Waals surface area (Å²) in [7, 11) is 1.61. The van der Waals surface area contributed by atoms with Crippen LogP contribution in [0.15, 0.2) is 42.6 Å². The van der Waals surface area contributed by atoms with Gasteiger partial charge in [0, 0.05) is 11.8 Å². The predicted octanol–water partition coefficient (Wildman–Crippen LogP) is 2.38. The van der Waals surface area contributed by atoms with Crippen LogP contribution in [0.5, 0.6) is 11.6 Å². The second-order valence-electron chi connectivity index (χ2n) is 3.87. The monoisotopic (exact) mass is 293 g/mol. The third kappa shape index (κ3) is 3.61. The fourth-order valence-corrected chi connectivity index (χ4v) is 1.68. The zero-order valence-corrected chi connectivity index (χ0v) is 11.8. The van der Waals surface area contributed by atoms with Gasteiger partial charge in [-0.25, -0.2) is 4.98 Å². The summed E-state index contributed by atoms with van der Waals surface area (Å²) in [5.41, 5.74) is 6.87. The zero-order valence-electron chi connectivity index (χ0n) is 11.0. The van der Waals surface area contributed by atoms with Crippen molar-refractivity contribution >= 4 is 18.2 Å². The molecule has 0 aliphatic carbocycles. The summed E-state index contributed by atoms with van der Waals surface area (Å²) in [6.07, 6.45) is 1.60. The Morgan fingerprint density at radius 3 is 2.70 bits per heavy atom. The first-order valence-corrected chi connectivity index (χ1v) is 5.76. The fraction of sp³-hybridized carbons (Fsp3) is 0.143. The van der Waals surface area contributed by atoms with E-state index in [2.05, 4.69) is 4.98 Å². The second-order valence-corrected chi connectivity index (χ2v) is 3.87. The van der Waals surface area contributed by atoms with E-state index in [-0.39, 0.29) is 18.2 Å². The number of nitrogens with zero attached hydrogens (tertiary/aromatic N) is 1. The first-order valence-electron chi connectivity index (χ1n) is 5.76. The molecular formula is C14H16ClN3O2. The van der Waals surface area contributed by atoms with Gasteiger partial charge in [-0.2, -0.15) is 0 Å². The number of nitrogens with one attached hydrogen (secondary N) is 1. The molecule has 106 valence electrons. The molecule has 0 saturated carbocycles. The minimum Gasteiger partial charge on any atom is -0.496 e. The highest BCUT2D eigenvalue weighted by Crippen LogP contribution is 2.20. The molecule has 0 radical (unpaired) electrons. The molecule has 3 N–H and O–H groups in total. The van der Waals surface area contributed by atoms with Crippen LogP contribution < -0.4 is 15.2 Å². The van der Waals surface area contributed by atoms with E-state index in [0.717, 1.165) is 11.3 Å². The summed E-state index contributed by atoms with van der Waals surface area (Å²) >= 11 is 0. The van der Waals surface area contributed by atoms with Crippen molar-refractivity contribution in [3.63, 3.8) is 0 Å². The molecule has 1 aromatic heterocycles. The lowest BCUT2D eigenvalue weighted by Crippen LogP contribution is -2.14. The van der Waals surface area contributed by atoms with Crippen molar-refractivity contribution in [2.45, 2.75) is 6.61 Å². The second kappa shape index (κ2) is 7.35. The number of benzene rings is 1. The molecule has 1 aromatic carbocycles. The highest BCUT2D eigenvalue weighted by Gasteiger charge is 2.09. The molecule has 6 heteroatoms. The van der Waals surface area contributed by atoms with Crippen molar-refractivity contribution < 1.29 is 9.47 Å². The van der Waals surface area contributed by atoms with Crippen molar-refractivity contribution in [2.75, 3.05) is 7.11 Å². The van der Waals surface area contributed by atoms with Crippen molar-refractivity contribution in [2.24, 2.45) is 5.73 Å². The normalized spacial score (nSPS) is 9.45. The van der Waals surface area contributed by atoms with E-state index in [4.69, 9.17) is 20.6 Å². The van der Waals surface area contributed by atoms with Gasteiger partial charge in [0.15, 0.2) is 0 Å². The number of rotatable bonds is 5. The molecule has 0 atom stereocenters. The number of para-hydroxylation sites is 1. The van der Waals surface area contributed by atoms with Gasteiger partial charge in [0.05, 0.1) is 12.7 Å². The molecule has 0 unspecified atom stereocenters. The van der Waals surface area contributed by atoms with E-state index in [1.807, 2.05) is 24.3 Å². The summed E-state index contributed by atoms with van der Waals surface area (Å²) in [5.74, 6) is 1.03. The number of nitrogens with two attached hydrogens (primary N) is 1. The molecule has 0 aliphatic heterocycles. The molecule has 0 aliphatic rings. The number of pyridine rings is 1. The first-order chi connectivity index (χ1) is 9.22. The standard InChI is InChI=1S/C14H15N3O2.ClH/c1-18-12-7-3-2-5-10(12)9-19-14-11(13(15)16)6-4-8-17-14;/h2-8H,9H2,1H3,(H3,15,16);1H. The molecule has 2 rings (SSSR count). The van der Waals surface area contributed by atoms with Gasteiger partial charge in [-0.05, 0) is 18.2 Å². The lowest BCUT2D eigenvalue weighted by atomic mass is 10.2. The van der Waals surface area contributed by atoms with Crippen molar-refractivity contribution in [1.82, 2.24) is 4.98 Å². The van der Waals surface area contributed by atoms with Crippen molar-refractivity contribution in [1.29, 1.82) is 5.41 Å². The van der Waals surface area contributed by atoms with Crippen LogP contribution >= 0.6 is 12.4 Å². The maximum absolute atomic E-state index is 7.47. The third-order valence-electron chi connectivity index (χ3n) is 2.62. The highest BCUT2D eigenvalue weighted by molar-refractivity contribution is 5.96. The van der Waals surface area contributed by atoms with Crippen molar-refractivity contribution in [3.05, 3.63) is 53.7 Å². The lowest BCUT2D eigenvalue weighted by molar-refractivity contribution is 0.285. The van der Waals surface area contributed by atoms with Crippen LogP contribution in [0.2, 0.25) is 0 Å². The van der Waals surface area contributed by atoms with Crippen LogP contribution in [-0.4, -0.2) is 17.9 Å². The van der Waals surface area contributed by atoms with E-state index in [1.165, 1.54) is 0 Å². The summed E-state index contributed by atoms with van der Waals surface area (Å²) in [6.45, 7) is 0.307. The van der Waals surface area contributed by atoms with Gasteiger partial charge in [0.1, 0.15) is 18.2 Å². The zero-order chi connectivity index (χ0) is 13.7. The molecule has 0 spiro atoms.